The van der Waals surface area contributed by atoms with E-state index in [-0.39, 0.29) is 0 Å². The second-order valence-electron chi connectivity index (χ2n) is 5.24. The van der Waals surface area contributed by atoms with Gasteiger partial charge in [-0.05, 0) is 43.4 Å². The Morgan fingerprint density at radius 1 is 1.24 bits per heavy atom. The van der Waals surface area contributed by atoms with Crippen LogP contribution in [0.1, 0.15) is 6.92 Å². The lowest BCUT2D eigenvalue weighted by atomic mass is 10.1. The number of rotatable bonds is 4. The molecule has 0 amide bonds. The first-order chi connectivity index (χ1) is 12.1. The molecule has 3 rings (SSSR count). The zero-order valence-corrected chi connectivity index (χ0v) is 14.7. The minimum Gasteiger partial charge on any atom is -0.495 e. The Morgan fingerprint density at radius 2 is 2.08 bits per heavy atom. The summed E-state index contributed by atoms with van der Waals surface area (Å²) in [5, 5.41) is 6.56. The number of benzene rings is 1. The van der Waals surface area contributed by atoms with Crippen LogP contribution in [0.2, 0.25) is 0 Å². The van der Waals surface area contributed by atoms with Crippen molar-refractivity contribution in [2.24, 2.45) is 0 Å². The van der Waals surface area contributed by atoms with Crippen molar-refractivity contribution in [1.82, 2.24) is 20.3 Å². The number of thiocarbonyl (C=S) groups is 1. The molecule has 0 aliphatic carbocycles. The predicted octanol–water partition coefficient (Wildman–Crippen LogP) is 2.59. The van der Waals surface area contributed by atoms with Crippen LogP contribution in [0, 0.1) is 0 Å². The predicted molar refractivity (Wildman–Crippen MR) is 104 cm³/mol. The number of hydrogen-bond donors (Lipinski definition) is 3. The highest BCUT2D eigenvalue weighted by Gasteiger charge is 2.08. The van der Waals surface area contributed by atoms with E-state index in [1.807, 2.05) is 31.2 Å². The number of nitrogen functional groups attached to an aromatic ring is 1. The van der Waals surface area contributed by atoms with Gasteiger partial charge in [-0.1, -0.05) is 6.07 Å². The number of nitrogens with zero attached hydrogens (tertiary/aromatic N) is 3. The van der Waals surface area contributed by atoms with Gasteiger partial charge in [-0.25, -0.2) is 9.97 Å². The molecular formula is C17H18N6OS. The van der Waals surface area contributed by atoms with Gasteiger partial charge >= 0.3 is 0 Å². The molecule has 0 atom stereocenters. The zero-order chi connectivity index (χ0) is 17.8. The second-order valence-corrected chi connectivity index (χ2v) is 5.64. The van der Waals surface area contributed by atoms with E-state index in [1.165, 1.54) is 0 Å². The van der Waals surface area contributed by atoms with Gasteiger partial charge in [-0.15, -0.1) is 0 Å². The summed E-state index contributed by atoms with van der Waals surface area (Å²) in [5.74, 6) is 1.21. The van der Waals surface area contributed by atoms with E-state index >= 15 is 0 Å². The van der Waals surface area contributed by atoms with Crippen molar-refractivity contribution in [2.45, 2.75) is 6.92 Å². The number of ether oxygens (including phenoxy) is 1. The van der Waals surface area contributed by atoms with Gasteiger partial charge in [-0.2, -0.15) is 0 Å². The average molecular weight is 354 g/mol. The molecule has 3 aromatic rings. The topological polar surface area (TPSA) is 98.0 Å². The summed E-state index contributed by atoms with van der Waals surface area (Å²) in [4.78, 5) is 13.5. The molecule has 128 valence electrons. The lowest BCUT2D eigenvalue weighted by molar-refractivity contribution is 0.417. The third-order valence-corrected chi connectivity index (χ3v) is 3.76. The number of nitrogens with one attached hydrogen (secondary N) is 2. The first-order valence-electron chi connectivity index (χ1n) is 7.73. The van der Waals surface area contributed by atoms with Crippen molar-refractivity contribution in [2.75, 3.05) is 24.7 Å². The number of anilines is 2. The average Bonchev–Trinajstić information content (AvgIpc) is 2.61. The van der Waals surface area contributed by atoms with Gasteiger partial charge in [0, 0.05) is 12.1 Å². The molecule has 8 heteroatoms. The molecule has 0 radical (unpaired) electrons. The van der Waals surface area contributed by atoms with Crippen LogP contribution in [0.15, 0.2) is 36.5 Å². The highest BCUT2D eigenvalue weighted by Crippen LogP contribution is 2.28. The Labute approximate surface area is 150 Å². The number of fused-ring (bicyclic) bond motifs is 1. The first-order valence-corrected chi connectivity index (χ1v) is 8.14. The van der Waals surface area contributed by atoms with Crippen molar-refractivity contribution >= 4 is 40.0 Å². The second kappa shape index (κ2) is 7.27. The summed E-state index contributed by atoms with van der Waals surface area (Å²) in [7, 11) is 1.58. The van der Waals surface area contributed by atoms with Gasteiger partial charge < -0.3 is 21.1 Å². The Balaban J connectivity index is 1.96. The van der Waals surface area contributed by atoms with Crippen molar-refractivity contribution in [3.63, 3.8) is 0 Å². The van der Waals surface area contributed by atoms with Crippen molar-refractivity contribution in [3.8, 4) is 17.0 Å². The van der Waals surface area contributed by atoms with E-state index in [4.69, 9.17) is 22.7 Å². The van der Waals surface area contributed by atoms with Crippen LogP contribution in [0.3, 0.4) is 0 Å². The smallest absolute Gasteiger partial charge is 0.180 e. The fourth-order valence-electron chi connectivity index (χ4n) is 2.30. The van der Waals surface area contributed by atoms with E-state index in [1.54, 1.807) is 19.4 Å². The summed E-state index contributed by atoms with van der Waals surface area (Å²) in [6.07, 6.45) is 1.70. The van der Waals surface area contributed by atoms with E-state index in [2.05, 4.69) is 25.6 Å². The molecule has 0 spiro atoms. The summed E-state index contributed by atoms with van der Waals surface area (Å²) in [6.45, 7) is 2.71. The number of nitrogens with two attached hydrogens (primary N) is 1. The van der Waals surface area contributed by atoms with E-state index in [0.29, 0.717) is 39.2 Å². The third kappa shape index (κ3) is 3.74. The van der Waals surface area contributed by atoms with Gasteiger partial charge in [0.25, 0.3) is 0 Å². The minimum absolute atomic E-state index is 0.515. The molecule has 7 nitrogen and oxygen atoms in total. The number of pyridine rings is 1. The zero-order valence-electron chi connectivity index (χ0n) is 13.9. The fraction of sp³-hybridized carbons (Fsp3) is 0.176. The van der Waals surface area contributed by atoms with E-state index in [9.17, 15) is 0 Å². The SMILES string of the molecule is CCNC(=S)Nc1ccc2ncc(-c3ccc(N)c(OC)c3)nc2n1. The van der Waals surface area contributed by atoms with Crippen molar-refractivity contribution < 1.29 is 4.74 Å². The van der Waals surface area contributed by atoms with Gasteiger partial charge in [0.05, 0.1) is 24.7 Å². The molecular weight excluding hydrogens is 336 g/mol. The monoisotopic (exact) mass is 354 g/mol. The Hall–Kier alpha value is -3.00. The van der Waals surface area contributed by atoms with Crippen LogP contribution in [-0.2, 0) is 0 Å². The van der Waals surface area contributed by atoms with E-state index < -0.39 is 0 Å². The maximum Gasteiger partial charge on any atom is 0.180 e. The van der Waals surface area contributed by atoms with Crippen LogP contribution in [-0.4, -0.2) is 33.7 Å². The molecule has 0 unspecified atom stereocenters. The molecule has 0 aliphatic rings. The van der Waals surface area contributed by atoms with Gasteiger partial charge in [0.2, 0.25) is 0 Å². The third-order valence-electron chi connectivity index (χ3n) is 3.51. The summed E-state index contributed by atoms with van der Waals surface area (Å²) in [5.41, 5.74) is 9.19. The maximum absolute atomic E-state index is 5.86. The Bertz CT molecular complexity index is 930. The molecule has 0 aliphatic heterocycles. The lowest BCUT2D eigenvalue weighted by Gasteiger charge is -2.09. The quantitative estimate of drug-likeness (QED) is 0.486. The molecule has 1 aromatic carbocycles. The summed E-state index contributed by atoms with van der Waals surface area (Å²) >= 11 is 5.18. The van der Waals surface area contributed by atoms with Crippen LogP contribution in [0.25, 0.3) is 22.4 Å². The first kappa shape index (κ1) is 16.8. The largest absolute Gasteiger partial charge is 0.495 e. The normalized spacial score (nSPS) is 10.5. The highest BCUT2D eigenvalue weighted by molar-refractivity contribution is 7.80. The molecule has 0 saturated carbocycles. The molecule has 25 heavy (non-hydrogen) atoms. The summed E-state index contributed by atoms with van der Waals surface area (Å²) in [6, 6.07) is 9.14. The van der Waals surface area contributed by atoms with Gasteiger partial charge in [0.15, 0.2) is 10.8 Å². The number of hydrogen-bond acceptors (Lipinski definition) is 6. The molecule has 2 aromatic heterocycles. The molecule has 2 heterocycles. The lowest BCUT2D eigenvalue weighted by Crippen LogP contribution is -2.28. The standard InChI is InChI=1S/C17H18N6OS/c1-3-19-17(25)23-15-7-6-12-16(22-15)21-13(9-20-12)10-4-5-11(18)14(8-10)24-2/h4-9H,3,18H2,1-2H3,(H2,19,21,22,23,25). The van der Waals surface area contributed by atoms with Crippen LogP contribution in [0.5, 0.6) is 5.75 Å². The van der Waals surface area contributed by atoms with Gasteiger partial charge in [-0.3, -0.25) is 4.98 Å². The van der Waals surface area contributed by atoms with Crippen molar-refractivity contribution in [3.05, 3.63) is 36.5 Å². The molecule has 0 saturated heterocycles. The van der Waals surface area contributed by atoms with Crippen molar-refractivity contribution in [1.29, 1.82) is 0 Å². The highest BCUT2D eigenvalue weighted by atomic mass is 32.1. The summed E-state index contributed by atoms with van der Waals surface area (Å²) < 4.78 is 5.26. The minimum atomic E-state index is 0.515. The van der Waals surface area contributed by atoms with Crippen LogP contribution < -0.4 is 21.1 Å². The van der Waals surface area contributed by atoms with Crippen LogP contribution in [0.4, 0.5) is 11.5 Å². The Kier molecular flexibility index (Phi) is 4.90. The molecule has 0 fully saturated rings. The van der Waals surface area contributed by atoms with E-state index in [0.717, 1.165) is 12.1 Å². The van der Waals surface area contributed by atoms with Gasteiger partial charge in [0.1, 0.15) is 17.1 Å². The Morgan fingerprint density at radius 3 is 2.84 bits per heavy atom. The van der Waals surface area contributed by atoms with Crippen LogP contribution >= 0.6 is 12.2 Å². The maximum atomic E-state index is 5.86. The fourth-order valence-corrected chi connectivity index (χ4v) is 2.55. The number of methoxy groups -OCH3 is 1. The molecule has 0 bridgehead atoms. The molecule has 4 N–H and O–H groups in total. The number of aromatic nitrogens is 3.